The molecule has 8 nitrogen and oxygen atoms in total. The predicted octanol–water partition coefficient (Wildman–Crippen LogP) is 2.75. The highest BCUT2D eigenvalue weighted by Crippen LogP contribution is 2.32. The Bertz CT molecular complexity index is 1310. The number of hydrogen-bond donors (Lipinski definition) is 1. The number of imidazole rings is 1. The van der Waals surface area contributed by atoms with E-state index in [1.165, 1.54) is 24.8 Å². The molecule has 2 aromatic heterocycles. The molecule has 0 bridgehead atoms. The van der Waals surface area contributed by atoms with Gasteiger partial charge in [0.2, 0.25) is 11.8 Å². The van der Waals surface area contributed by atoms with Gasteiger partial charge in [-0.05, 0) is 73.3 Å². The van der Waals surface area contributed by atoms with E-state index in [1.54, 1.807) is 4.90 Å². The third-order valence-electron chi connectivity index (χ3n) is 7.26. The molecule has 0 radical (unpaired) electrons. The van der Waals surface area contributed by atoms with Gasteiger partial charge in [0.1, 0.15) is 6.04 Å². The van der Waals surface area contributed by atoms with Gasteiger partial charge in [0.15, 0.2) is 0 Å². The molecule has 1 aromatic carbocycles. The minimum absolute atomic E-state index is 0.150. The molecule has 174 valence electrons. The van der Waals surface area contributed by atoms with Gasteiger partial charge < -0.3 is 4.90 Å². The van der Waals surface area contributed by atoms with Crippen LogP contribution in [0.5, 0.6) is 0 Å². The molecule has 3 aliphatic heterocycles. The molecule has 8 heteroatoms. The Morgan fingerprint density at radius 2 is 1.88 bits per heavy atom. The Morgan fingerprint density at radius 1 is 1.03 bits per heavy atom. The first kappa shape index (κ1) is 21.0. The highest BCUT2D eigenvalue weighted by atomic mass is 16.2. The molecule has 1 atom stereocenters. The van der Waals surface area contributed by atoms with Gasteiger partial charge in [-0.3, -0.25) is 29.0 Å². The smallest absolute Gasteiger partial charge is 0.255 e. The molecule has 1 N–H and O–H groups in total. The van der Waals surface area contributed by atoms with Gasteiger partial charge in [-0.15, -0.1) is 0 Å². The summed E-state index contributed by atoms with van der Waals surface area (Å²) in [5, 5.41) is 2.36. The molecule has 2 fully saturated rings. The largest absolute Gasteiger partial charge is 0.322 e. The number of hydrogen-bond acceptors (Lipinski definition) is 5. The second-order valence-electron chi connectivity index (χ2n) is 9.55. The SMILES string of the molecule is O=C1CCC(N2Cc3cc(-c4cc(CN5CCCCC5)cc5cncn45)ccc3C2=O)C(=O)N1. The zero-order valence-electron chi connectivity index (χ0n) is 19.0. The van der Waals surface area contributed by atoms with Gasteiger partial charge in [0, 0.05) is 25.1 Å². The average molecular weight is 458 g/mol. The summed E-state index contributed by atoms with van der Waals surface area (Å²) in [5.41, 5.74) is 5.89. The van der Waals surface area contributed by atoms with Gasteiger partial charge in [0.25, 0.3) is 5.91 Å². The van der Waals surface area contributed by atoms with Crippen molar-refractivity contribution in [3.63, 3.8) is 0 Å². The second-order valence-corrected chi connectivity index (χ2v) is 9.55. The third-order valence-corrected chi connectivity index (χ3v) is 7.26. The van der Waals surface area contributed by atoms with E-state index in [0.29, 0.717) is 18.5 Å². The van der Waals surface area contributed by atoms with Crippen LogP contribution < -0.4 is 5.32 Å². The number of benzene rings is 1. The molecule has 0 aliphatic carbocycles. The highest BCUT2D eigenvalue weighted by molar-refractivity contribution is 6.05. The zero-order valence-corrected chi connectivity index (χ0v) is 19.0. The Morgan fingerprint density at radius 3 is 2.71 bits per heavy atom. The number of carbonyl (C=O) groups excluding carboxylic acids is 3. The molecule has 1 unspecified atom stereocenters. The van der Waals surface area contributed by atoms with E-state index in [1.807, 2.05) is 24.7 Å². The molecule has 0 saturated carbocycles. The monoisotopic (exact) mass is 457 g/mol. The predicted molar refractivity (Wildman–Crippen MR) is 126 cm³/mol. The van der Waals surface area contributed by atoms with Crippen LogP contribution in [0.2, 0.25) is 0 Å². The minimum atomic E-state index is -0.603. The van der Waals surface area contributed by atoms with Crippen LogP contribution in [0.1, 0.15) is 53.6 Å². The summed E-state index contributed by atoms with van der Waals surface area (Å²) < 4.78 is 2.08. The molecule has 3 amide bonds. The van der Waals surface area contributed by atoms with E-state index >= 15 is 0 Å². The Hall–Kier alpha value is -3.52. The van der Waals surface area contributed by atoms with E-state index in [2.05, 4.69) is 37.8 Å². The first-order chi connectivity index (χ1) is 16.6. The molecule has 5 heterocycles. The van der Waals surface area contributed by atoms with Crippen LogP contribution in [0.3, 0.4) is 0 Å². The first-order valence-corrected chi connectivity index (χ1v) is 12.0. The molecule has 34 heavy (non-hydrogen) atoms. The lowest BCUT2D eigenvalue weighted by Gasteiger charge is -2.29. The number of imide groups is 1. The van der Waals surface area contributed by atoms with Crippen molar-refractivity contribution in [2.24, 2.45) is 0 Å². The standard InChI is InChI=1S/C26H27N5O3/c32-24-7-6-22(25(33)28-24)30-15-19-12-18(4-5-21(19)26(30)34)23-11-17(10-20-13-27-16-31(20)23)14-29-8-2-1-3-9-29/h4-5,10-13,16,22H,1-3,6-9,14-15H2,(H,28,32,33). The number of aromatic nitrogens is 2. The van der Waals surface area contributed by atoms with Crippen LogP contribution in [0, 0.1) is 0 Å². The number of rotatable bonds is 4. The summed E-state index contributed by atoms with van der Waals surface area (Å²) >= 11 is 0. The lowest BCUT2D eigenvalue weighted by Crippen LogP contribution is -2.52. The van der Waals surface area contributed by atoms with E-state index in [0.717, 1.165) is 42.0 Å². The summed E-state index contributed by atoms with van der Waals surface area (Å²) in [5.74, 6) is -0.813. The van der Waals surface area contributed by atoms with Gasteiger partial charge in [0.05, 0.1) is 23.7 Å². The van der Waals surface area contributed by atoms with Crippen LogP contribution >= 0.6 is 0 Å². The quantitative estimate of drug-likeness (QED) is 0.609. The number of nitrogens with one attached hydrogen (secondary N) is 1. The molecule has 3 aliphatic rings. The van der Waals surface area contributed by atoms with E-state index in [4.69, 9.17) is 0 Å². The number of pyridine rings is 1. The van der Waals surface area contributed by atoms with Crippen LogP contribution in [-0.4, -0.2) is 56.0 Å². The van der Waals surface area contributed by atoms with E-state index in [9.17, 15) is 14.4 Å². The fraction of sp³-hybridized carbons (Fsp3) is 0.385. The maximum Gasteiger partial charge on any atom is 0.255 e. The normalized spacial score (nSPS) is 21.2. The van der Waals surface area contributed by atoms with Crippen LogP contribution in [0.4, 0.5) is 0 Å². The van der Waals surface area contributed by atoms with Gasteiger partial charge >= 0.3 is 0 Å². The number of nitrogens with zero attached hydrogens (tertiary/aromatic N) is 4. The molecular weight excluding hydrogens is 430 g/mol. The number of likely N-dealkylation sites (tertiary alicyclic amines) is 1. The fourth-order valence-electron chi connectivity index (χ4n) is 5.51. The van der Waals surface area contributed by atoms with Gasteiger partial charge in [-0.1, -0.05) is 12.5 Å². The minimum Gasteiger partial charge on any atom is -0.322 e. The summed E-state index contributed by atoms with van der Waals surface area (Å²) in [6.45, 7) is 3.56. The molecule has 3 aromatic rings. The van der Waals surface area contributed by atoms with Crippen LogP contribution in [0.25, 0.3) is 16.8 Å². The second kappa shape index (κ2) is 8.36. The summed E-state index contributed by atoms with van der Waals surface area (Å²) in [6.07, 6.45) is 8.14. The Labute approximate surface area is 197 Å². The molecular formula is C26H27N5O3. The van der Waals surface area contributed by atoms with Crippen molar-refractivity contribution in [3.8, 4) is 11.3 Å². The van der Waals surface area contributed by atoms with E-state index in [-0.39, 0.29) is 24.1 Å². The van der Waals surface area contributed by atoms with Crippen molar-refractivity contribution in [1.29, 1.82) is 0 Å². The number of carbonyl (C=O) groups is 3. The topological polar surface area (TPSA) is 87.0 Å². The van der Waals surface area contributed by atoms with Gasteiger partial charge in [-0.25, -0.2) is 4.98 Å². The Kier molecular flexibility index (Phi) is 5.17. The molecule has 6 rings (SSSR count). The number of piperidine rings is 2. The van der Waals surface area contributed by atoms with Crippen molar-refractivity contribution in [2.75, 3.05) is 13.1 Å². The van der Waals surface area contributed by atoms with Crippen molar-refractivity contribution in [1.82, 2.24) is 24.5 Å². The van der Waals surface area contributed by atoms with Crippen molar-refractivity contribution in [3.05, 3.63) is 59.5 Å². The van der Waals surface area contributed by atoms with Crippen molar-refractivity contribution in [2.45, 2.75) is 51.2 Å². The Balaban J connectivity index is 1.32. The van der Waals surface area contributed by atoms with Crippen molar-refractivity contribution >= 4 is 23.2 Å². The lowest BCUT2D eigenvalue weighted by atomic mass is 10.0. The molecule has 2 saturated heterocycles. The lowest BCUT2D eigenvalue weighted by molar-refractivity contribution is -0.136. The average Bonchev–Trinajstić information content (AvgIpc) is 3.43. The number of fused-ring (bicyclic) bond motifs is 2. The number of amides is 3. The summed E-state index contributed by atoms with van der Waals surface area (Å²) in [7, 11) is 0. The van der Waals surface area contributed by atoms with Gasteiger partial charge in [-0.2, -0.15) is 0 Å². The summed E-state index contributed by atoms with van der Waals surface area (Å²) in [6, 6.07) is 9.71. The molecule has 0 spiro atoms. The van der Waals surface area contributed by atoms with Crippen LogP contribution in [-0.2, 0) is 22.7 Å². The summed E-state index contributed by atoms with van der Waals surface area (Å²) in [4.78, 5) is 45.4. The third kappa shape index (κ3) is 3.68. The highest BCUT2D eigenvalue weighted by Gasteiger charge is 2.39. The van der Waals surface area contributed by atoms with E-state index < -0.39 is 6.04 Å². The first-order valence-electron chi connectivity index (χ1n) is 12.0. The fourth-order valence-corrected chi connectivity index (χ4v) is 5.51. The zero-order chi connectivity index (χ0) is 23.2. The maximum absolute atomic E-state index is 13.1. The van der Waals surface area contributed by atoms with Crippen molar-refractivity contribution < 1.29 is 14.4 Å². The maximum atomic E-state index is 13.1. The van der Waals surface area contributed by atoms with Crippen LogP contribution in [0.15, 0.2) is 42.9 Å².